The van der Waals surface area contributed by atoms with Crippen LogP contribution in [0.3, 0.4) is 0 Å². The second kappa shape index (κ2) is 5.95. The number of alkyl halides is 3. The van der Waals surface area contributed by atoms with Crippen molar-refractivity contribution in [1.29, 1.82) is 0 Å². The molecule has 1 aromatic carbocycles. The second-order valence-corrected chi connectivity index (χ2v) is 5.82. The Kier molecular flexibility index (Phi) is 5.02. The largest absolute Gasteiger partial charge is 0.416 e. The van der Waals surface area contributed by atoms with Gasteiger partial charge in [-0.1, -0.05) is 45.9 Å². The van der Waals surface area contributed by atoms with E-state index >= 15 is 0 Å². The summed E-state index contributed by atoms with van der Waals surface area (Å²) in [4.78, 5) is 0. The van der Waals surface area contributed by atoms with E-state index in [4.69, 9.17) is 0 Å². The van der Waals surface area contributed by atoms with Crippen LogP contribution in [0.5, 0.6) is 0 Å². The van der Waals surface area contributed by atoms with Crippen molar-refractivity contribution in [3.05, 3.63) is 35.4 Å². The zero-order chi connectivity index (χ0) is 14.7. The fourth-order valence-corrected chi connectivity index (χ4v) is 1.93. The number of benzene rings is 1. The van der Waals surface area contributed by atoms with E-state index in [9.17, 15) is 13.2 Å². The van der Waals surface area contributed by atoms with Gasteiger partial charge in [0, 0.05) is 6.04 Å². The van der Waals surface area contributed by atoms with Gasteiger partial charge in [-0.3, -0.25) is 0 Å². The highest BCUT2D eigenvalue weighted by molar-refractivity contribution is 5.30. The molecule has 0 bridgehead atoms. The molecule has 0 atom stereocenters. The van der Waals surface area contributed by atoms with Crippen molar-refractivity contribution in [3.63, 3.8) is 0 Å². The van der Waals surface area contributed by atoms with Crippen LogP contribution in [0.15, 0.2) is 24.3 Å². The molecule has 0 saturated heterocycles. The smallest absolute Gasteiger partial charge is 0.315 e. The first kappa shape index (κ1) is 16.0. The van der Waals surface area contributed by atoms with E-state index in [0.717, 1.165) is 24.6 Å². The van der Waals surface area contributed by atoms with Crippen molar-refractivity contribution in [3.8, 4) is 0 Å². The topological polar surface area (TPSA) is 12.0 Å². The number of nitrogens with one attached hydrogen (secondary N) is 1. The SMILES string of the molecule is CC(C)NCCC(C)(C)c1cccc(C(F)(F)F)c1. The highest BCUT2D eigenvalue weighted by Gasteiger charge is 2.32. The lowest BCUT2D eigenvalue weighted by atomic mass is 9.81. The quantitative estimate of drug-likeness (QED) is 0.840. The van der Waals surface area contributed by atoms with Gasteiger partial charge in [-0.15, -0.1) is 0 Å². The van der Waals surface area contributed by atoms with Crippen LogP contribution in [0.1, 0.15) is 45.2 Å². The van der Waals surface area contributed by atoms with Crippen LogP contribution < -0.4 is 5.32 Å². The normalized spacial score (nSPS) is 13.1. The molecule has 0 aliphatic heterocycles. The molecule has 0 aliphatic rings. The summed E-state index contributed by atoms with van der Waals surface area (Å²) < 4.78 is 38.1. The Balaban J connectivity index is 2.83. The first-order chi connectivity index (χ1) is 8.63. The Morgan fingerprint density at radius 2 is 1.68 bits per heavy atom. The molecule has 0 heterocycles. The molecule has 1 aromatic rings. The predicted octanol–water partition coefficient (Wildman–Crippen LogP) is 4.37. The summed E-state index contributed by atoms with van der Waals surface area (Å²) >= 11 is 0. The first-order valence-electron chi connectivity index (χ1n) is 6.54. The molecule has 1 rings (SSSR count). The summed E-state index contributed by atoms with van der Waals surface area (Å²) in [6.07, 6.45) is -3.48. The van der Waals surface area contributed by atoms with E-state index in [-0.39, 0.29) is 5.41 Å². The van der Waals surface area contributed by atoms with Crippen molar-refractivity contribution >= 4 is 0 Å². The summed E-state index contributed by atoms with van der Waals surface area (Å²) in [5.41, 5.74) is -0.119. The van der Waals surface area contributed by atoms with Gasteiger partial charge in [-0.2, -0.15) is 13.2 Å². The van der Waals surface area contributed by atoms with Gasteiger partial charge in [-0.05, 0) is 30.0 Å². The third kappa shape index (κ3) is 4.86. The Labute approximate surface area is 113 Å². The van der Waals surface area contributed by atoms with Crippen LogP contribution in [-0.4, -0.2) is 12.6 Å². The molecule has 1 N–H and O–H groups in total. The highest BCUT2D eigenvalue weighted by atomic mass is 19.4. The monoisotopic (exact) mass is 273 g/mol. The van der Waals surface area contributed by atoms with Gasteiger partial charge in [0.15, 0.2) is 0 Å². The van der Waals surface area contributed by atoms with E-state index in [1.807, 2.05) is 13.8 Å². The van der Waals surface area contributed by atoms with Crippen LogP contribution in [0, 0.1) is 0 Å². The van der Waals surface area contributed by atoms with Gasteiger partial charge in [0.25, 0.3) is 0 Å². The van der Waals surface area contributed by atoms with Crippen molar-refractivity contribution in [2.45, 2.75) is 51.7 Å². The maximum atomic E-state index is 12.7. The average Bonchev–Trinajstić information content (AvgIpc) is 2.27. The van der Waals surface area contributed by atoms with Crippen LogP contribution >= 0.6 is 0 Å². The minimum atomic E-state index is -4.28. The lowest BCUT2D eigenvalue weighted by Gasteiger charge is -2.27. The van der Waals surface area contributed by atoms with Gasteiger partial charge >= 0.3 is 6.18 Å². The average molecular weight is 273 g/mol. The molecule has 0 unspecified atom stereocenters. The highest BCUT2D eigenvalue weighted by Crippen LogP contribution is 2.33. The standard InChI is InChI=1S/C15H22F3N/c1-11(2)19-9-8-14(3,4)12-6-5-7-13(10-12)15(16,17)18/h5-7,10-11,19H,8-9H2,1-4H3. The van der Waals surface area contributed by atoms with E-state index in [2.05, 4.69) is 19.2 Å². The Bertz CT molecular complexity index is 408. The Hall–Kier alpha value is -1.03. The minimum absolute atomic E-state index is 0.275. The van der Waals surface area contributed by atoms with Crippen molar-refractivity contribution < 1.29 is 13.2 Å². The molecular formula is C15H22F3N. The molecule has 0 aromatic heterocycles. The van der Waals surface area contributed by atoms with Crippen LogP contribution in [0.4, 0.5) is 13.2 Å². The molecule has 0 spiro atoms. The third-order valence-corrected chi connectivity index (χ3v) is 3.27. The molecule has 0 saturated carbocycles. The summed E-state index contributed by atoms with van der Waals surface area (Å²) in [5.74, 6) is 0. The lowest BCUT2D eigenvalue weighted by Crippen LogP contribution is -2.29. The van der Waals surface area contributed by atoms with Crippen LogP contribution in [0.25, 0.3) is 0 Å². The van der Waals surface area contributed by atoms with Crippen LogP contribution in [0.2, 0.25) is 0 Å². The maximum Gasteiger partial charge on any atom is 0.416 e. The molecule has 0 amide bonds. The van der Waals surface area contributed by atoms with E-state index in [1.54, 1.807) is 6.07 Å². The van der Waals surface area contributed by atoms with Crippen molar-refractivity contribution in [2.75, 3.05) is 6.54 Å². The maximum absolute atomic E-state index is 12.7. The summed E-state index contributed by atoms with van der Waals surface area (Å²) in [6, 6.07) is 6.01. The third-order valence-electron chi connectivity index (χ3n) is 3.27. The zero-order valence-corrected chi connectivity index (χ0v) is 11.9. The van der Waals surface area contributed by atoms with Gasteiger partial charge < -0.3 is 5.32 Å². The minimum Gasteiger partial charge on any atom is -0.315 e. The summed E-state index contributed by atoms with van der Waals surface area (Å²) in [5, 5.41) is 3.29. The zero-order valence-electron chi connectivity index (χ0n) is 11.9. The summed E-state index contributed by atoms with van der Waals surface area (Å²) in [7, 11) is 0. The number of halogens is 3. The summed E-state index contributed by atoms with van der Waals surface area (Å²) in [6.45, 7) is 8.85. The molecule has 4 heteroatoms. The van der Waals surface area contributed by atoms with E-state index < -0.39 is 11.7 Å². The molecule has 1 nitrogen and oxygen atoms in total. The number of hydrogen-bond donors (Lipinski definition) is 1. The molecular weight excluding hydrogens is 251 g/mol. The van der Waals surface area contributed by atoms with Gasteiger partial charge in [0.1, 0.15) is 0 Å². The van der Waals surface area contributed by atoms with Crippen molar-refractivity contribution in [1.82, 2.24) is 5.32 Å². The number of rotatable bonds is 5. The first-order valence-corrected chi connectivity index (χ1v) is 6.54. The lowest BCUT2D eigenvalue weighted by molar-refractivity contribution is -0.137. The Morgan fingerprint density at radius 1 is 1.11 bits per heavy atom. The van der Waals surface area contributed by atoms with Crippen LogP contribution in [-0.2, 0) is 11.6 Å². The molecule has 0 fully saturated rings. The molecule has 0 aliphatic carbocycles. The fourth-order valence-electron chi connectivity index (χ4n) is 1.93. The van der Waals surface area contributed by atoms with E-state index in [1.165, 1.54) is 12.1 Å². The second-order valence-electron chi connectivity index (χ2n) is 5.82. The van der Waals surface area contributed by atoms with Gasteiger partial charge in [-0.25, -0.2) is 0 Å². The van der Waals surface area contributed by atoms with Crippen molar-refractivity contribution in [2.24, 2.45) is 0 Å². The Morgan fingerprint density at radius 3 is 2.21 bits per heavy atom. The molecule has 19 heavy (non-hydrogen) atoms. The molecule has 108 valence electrons. The van der Waals surface area contributed by atoms with Gasteiger partial charge in [0.2, 0.25) is 0 Å². The van der Waals surface area contributed by atoms with E-state index in [0.29, 0.717) is 6.04 Å². The fraction of sp³-hybridized carbons (Fsp3) is 0.600. The predicted molar refractivity (Wildman–Crippen MR) is 72.2 cm³/mol. The number of hydrogen-bond acceptors (Lipinski definition) is 1. The molecule has 0 radical (unpaired) electrons. The van der Waals surface area contributed by atoms with Gasteiger partial charge in [0.05, 0.1) is 5.56 Å².